The molecule has 0 bridgehead atoms. The number of hydrogen-bond acceptors (Lipinski definition) is 4. The van der Waals surface area contributed by atoms with Crippen LogP contribution < -0.4 is 10.2 Å². The lowest BCUT2D eigenvalue weighted by atomic mass is 9.96. The topological polar surface area (TPSA) is 68.7 Å². The molecule has 2 aliphatic rings. The fourth-order valence-corrected chi connectivity index (χ4v) is 3.58. The first kappa shape index (κ1) is 16.1. The van der Waals surface area contributed by atoms with E-state index in [0.29, 0.717) is 5.92 Å². The van der Waals surface area contributed by atoms with Gasteiger partial charge in [-0.15, -0.1) is 0 Å². The molecule has 2 amide bonds. The van der Waals surface area contributed by atoms with Crippen molar-refractivity contribution in [3.05, 3.63) is 24.5 Å². The van der Waals surface area contributed by atoms with Crippen LogP contribution in [0.1, 0.15) is 25.7 Å². The fraction of sp³-hybridized carbons (Fsp3) is 0.647. The molecule has 2 N–H and O–H groups in total. The minimum Gasteiger partial charge on any atom is -0.394 e. The first-order valence-corrected chi connectivity index (χ1v) is 8.58. The Bertz CT molecular complexity index is 503. The molecule has 2 saturated heterocycles. The van der Waals surface area contributed by atoms with Crippen LogP contribution in [0.25, 0.3) is 0 Å². The summed E-state index contributed by atoms with van der Waals surface area (Å²) in [5, 5.41) is 12.4. The fourth-order valence-electron chi connectivity index (χ4n) is 3.58. The van der Waals surface area contributed by atoms with Crippen molar-refractivity contribution in [2.75, 3.05) is 37.7 Å². The van der Waals surface area contributed by atoms with E-state index in [4.69, 9.17) is 0 Å². The lowest BCUT2D eigenvalue weighted by molar-refractivity contribution is 0.155. The van der Waals surface area contributed by atoms with Gasteiger partial charge in [-0.2, -0.15) is 0 Å². The van der Waals surface area contributed by atoms with Gasteiger partial charge in [-0.1, -0.05) is 0 Å². The molecule has 0 saturated carbocycles. The first-order valence-electron chi connectivity index (χ1n) is 8.58. The van der Waals surface area contributed by atoms with Gasteiger partial charge in [0.2, 0.25) is 0 Å². The highest BCUT2D eigenvalue weighted by Crippen LogP contribution is 2.22. The number of carbonyl (C=O) groups excluding carboxylic acids is 1. The van der Waals surface area contributed by atoms with E-state index in [0.717, 1.165) is 51.9 Å². The molecule has 1 unspecified atom stereocenters. The number of piperidine rings is 1. The average molecular weight is 318 g/mol. The number of amides is 2. The van der Waals surface area contributed by atoms with Crippen molar-refractivity contribution in [1.82, 2.24) is 15.2 Å². The predicted octanol–water partition coefficient (Wildman–Crippen LogP) is 1.46. The van der Waals surface area contributed by atoms with Crippen LogP contribution >= 0.6 is 0 Å². The number of aliphatic hydroxyl groups is 1. The standard InChI is InChI=1S/C17H26N4O2/c22-13-16-2-1-9-21(16)17(23)19-12-14-5-10-20(11-6-14)15-3-7-18-8-4-15/h3-4,7-8,14,16,22H,1-2,5-6,9-13H2,(H,19,23). The zero-order valence-electron chi connectivity index (χ0n) is 13.5. The molecule has 2 fully saturated rings. The van der Waals surface area contributed by atoms with Crippen LogP contribution in [0.4, 0.5) is 10.5 Å². The van der Waals surface area contributed by atoms with Crippen LogP contribution in [-0.4, -0.2) is 59.8 Å². The molecule has 1 aromatic rings. The van der Waals surface area contributed by atoms with E-state index in [1.54, 1.807) is 4.90 Å². The summed E-state index contributed by atoms with van der Waals surface area (Å²) in [6.07, 6.45) is 7.74. The van der Waals surface area contributed by atoms with Gasteiger partial charge in [0.1, 0.15) is 0 Å². The van der Waals surface area contributed by atoms with Gasteiger partial charge >= 0.3 is 6.03 Å². The lowest BCUT2D eigenvalue weighted by Crippen LogP contribution is -2.46. The molecule has 126 valence electrons. The van der Waals surface area contributed by atoms with Crippen molar-refractivity contribution >= 4 is 11.7 Å². The van der Waals surface area contributed by atoms with Gasteiger partial charge in [0, 0.05) is 44.3 Å². The number of hydrogen-bond donors (Lipinski definition) is 2. The quantitative estimate of drug-likeness (QED) is 0.882. The Balaban J connectivity index is 1.42. The van der Waals surface area contributed by atoms with Crippen LogP contribution in [0, 0.1) is 5.92 Å². The van der Waals surface area contributed by atoms with Gasteiger partial charge in [-0.3, -0.25) is 4.98 Å². The van der Waals surface area contributed by atoms with Crippen LogP contribution in [0.2, 0.25) is 0 Å². The number of urea groups is 1. The summed E-state index contributed by atoms with van der Waals surface area (Å²) in [6.45, 7) is 3.61. The summed E-state index contributed by atoms with van der Waals surface area (Å²) in [7, 11) is 0. The highest BCUT2D eigenvalue weighted by atomic mass is 16.3. The molecular weight excluding hydrogens is 292 g/mol. The molecule has 6 heteroatoms. The Hall–Kier alpha value is -1.82. The number of likely N-dealkylation sites (tertiary alicyclic amines) is 1. The molecule has 3 rings (SSSR count). The van der Waals surface area contributed by atoms with Crippen LogP contribution in [0.5, 0.6) is 0 Å². The van der Waals surface area contributed by atoms with E-state index in [2.05, 4.69) is 15.2 Å². The number of nitrogens with one attached hydrogen (secondary N) is 1. The van der Waals surface area contributed by atoms with Crippen molar-refractivity contribution < 1.29 is 9.90 Å². The second-order valence-electron chi connectivity index (χ2n) is 6.49. The summed E-state index contributed by atoms with van der Waals surface area (Å²) >= 11 is 0. The SMILES string of the molecule is O=C(NCC1CCN(c2ccncc2)CC1)N1CCCC1CO. The third-order valence-corrected chi connectivity index (χ3v) is 5.03. The van der Waals surface area contributed by atoms with Crippen molar-refractivity contribution in [2.45, 2.75) is 31.7 Å². The van der Waals surface area contributed by atoms with Gasteiger partial charge in [0.05, 0.1) is 12.6 Å². The van der Waals surface area contributed by atoms with Gasteiger partial charge in [0.15, 0.2) is 0 Å². The van der Waals surface area contributed by atoms with E-state index in [1.807, 2.05) is 24.5 Å². The van der Waals surface area contributed by atoms with Crippen molar-refractivity contribution in [2.24, 2.45) is 5.92 Å². The molecule has 3 heterocycles. The van der Waals surface area contributed by atoms with Gasteiger partial charge in [0.25, 0.3) is 0 Å². The Morgan fingerprint density at radius 2 is 1.96 bits per heavy atom. The minimum atomic E-state index is -0.0156. The highest BCUT2D eigenvalue weighted by Gasteiger charge is 2.28. The third-order valence-electron chi connectivity index (χ3n) is 5.03. The summed E-state index contributed by atoms with van der Waals surface area (Å²) in [4.78, 5) is 20.4. The maximum absolute atomic E-state index is 12.2. The largest absolute Gasteiger partial charge is 0.394 e. The molecule has 1 aromatic heterocycles. The number of pyridine rings is 1. The zero-order chi connectivity index (χ0) is 16.1. The maximum Gasteiger partial charge on any atom is 0.317 e. The molecule has 2 aliphatic heterocycles. The summed E-state index contributed by atoms with van der Waals surface area (Å²) in [5.74, 6) is 0.534. The highest BCUT2D eigenvalue weighted by molar-refractivity contribution is 5.74. The van der Waals surface area contributed by atoms with Gasteiger partial charge < -0.3 is 20.2 Å². The zero-order valence-corrected chi connectivity index (χ0v) is 13.5. The second-order valence-corrected chi connectivity index (χ2v) is 6.49. The van der Waals surface area contributed by atoms with Crippen LogP contribution in [0.15, 0.2) is 24.5 Å². The Morgan fingerprint density at radius 3 is 2.65 bits per heavy atom. The van der Waals surface area contributed by atoms with E-state index in [-0.39, 0.29) is 18.7 Å². The number of carbonyl (C=O) groups is 1. The lowest BCUT2D eigenvalue weighted by Gasteiger charge is -2.34. The number of rotatable bonds is 4. The molecular formula is C17H26N4O2. The predicted molar refractivity (Wildman–Crippen MR) is 89.4 cm³/mol. The number of aromatic nitrogens is 1. The van der Waals surface area contributed by atoms with E-state index in [9.17, 15) is 9.90 Å². The first-order chi connectivity index (χ1) is 11.3. The number of nitrogens with zero attached hydrogens (tertiary/aromatic N) is 3. The molecule has 0 radical (unpaired) electrons. The van der Waals surface area contributed by atoms with Crippen molar-refractivity contribution in [1.29, 1.82) is 0 Å². The smallest absolute Gasteiger partial charge is 0.317 e. The number of anilines is 1. The maximum atomic E-state index is 12.2. The van der Waals surface area contributed by atoms with Crippen LogP contribution in [-0.2, 0) is 0 Å². The second kappa shape index (κ2) is 7.64. The molecule has 1 atom stereocenters. The van der Waals surface area contributed by atoms with E-state index >= 15 is 0 Å². The van der Waals surface area contributed by atoms with E-state index < -0.39 is 0 Å². The Kier molecular flexibility index (Phi) is 5.33. The van der Waals surface area contributed by atoms with Gasteiger partial charge in [-0.25, -0.2) is 4.79 Å². The molecule has 0 spiro atoms. The molecule has 6 nitrogen and oxygen atoms in total. The Morgan fingerprint density at radius 1 is 1.22 bits per heavy atom. The summed E-state index contributed by atoms with van der Waals surface area (Å²) in [6, 6.07) is 4.08. The molecule has 0 aromatic carbocycles. The average Bonchev–Trinajstić information content (AvgIpc) is 3.10. The minimum absolute atomic E-state index is 0.00328. The van der Waals surface area contributed by atoms with Gasteiger partial charge in [-0.05, 0) is 43.7 Å². The number of aliphatic hydroxyl groups excluding tert-OH is 1. The van der Waals surface area contributed by atoms with Crippen LogP contribution in [0.3, 0.4) is 0 Å². The van der Waals surface area contributed by atoms with Crippen molar-refractivity contribution in [3.8, 4) is 0 Å². The summed E-state index contributed by atoms with van der Waals surface area (Å²) in [5.41, 5.74) is 1.23. The Labute approximate surface area is 137 Å². The summed E-state index contributed by atoms with van der Waals surface area (Å²) < 4.78 is 0. The van der Waals surface area contributed by atoms with Crippen molar-refractivity contribution in [3.63, 3.8) is 0 Å². The molecule has 0 aliphatic carbocycles. The monoisotopic (exact) mass is 318 g/mol. The van der Waals surface area contributed by atoms with E-state index in [1.165, 1.54) is 5.69 Å². The molecule has 23 heavy (non-hydrogen) atoms. The normalized spacial score (nSPS) is 22.4. The third kappa shape index (κ3) is 3.93.